The summed E-state index contributed by atoms with van der Waals surface area (Å²) >= 11 is 0. The lowest BCUT2D eigenvalue weighted by Gasteiger charge is -2.30. The van der Waals surface area contributed by atoms with Gasteiger partial charge in [-0.1, -0.05) is 40.2 Å². The molecule has 0 saturated carbocycles. The Morgan fingerprint density at radius 1 is 1.06 bits per heavy atom. The average molecular weight is 473 g/mol. The van der Waals surface area contributed by atoms with Crippen LogP contribution in [0.1, 0.15) is 51.7 Å². The molecule has 1 aliphatic heterocycles. The number of rotatable bonds is 6. The maximum absolute atomic E-state index is 13.4. The number of likely N-dealkylation sites (N-methyl/N-ethyl adjacent to an activating group) is 1. The number of nitrogens with zero attached hydrogens (tertiary/aromatic N) is 1. The molecule has 2 rings (SSSR count). The third-order valence-electron chi connectivity index (χ3n) is 6.28. The van der Waals surface area contributed by atoms with E-state index in [1.54, 1.807) is 19.4 Å². The first kappa shape index (κ1) is 27.4. The van der Waals surface area contributed by atoms with Crippen LogP contribution >= 0.6 is 0 Å². The maximum Gasteiger partial charge on any atom is 0.246 e. The van der Waals surface area contributed by atoms with E-state index in [4.69, 9.17) is 4.74 Å². The Bertz CT molecular complexity index is 897. The fourth-order valence-electron chi connectivity index (χ4n) is 4.02. The third-order valence-corrected chi connectivity index (χ3v) is 6.28. The lowest BCUT2D eigenvalue weighted by molar-refractivity contribution is -0.134. The number of carbonyl (C=O) groups excluding carboxylic acids is 3. The van der Waals surface area contributed by atoms with Gasteiger partial charge < -0.3 is 20.7 Å². The van der Waals surface area contributed by atoms with Gasteiger partial charge in [0.1, 0.15) is 17.8 Å². The van der Waals surface area contributed by atoms with E-state index in [1.807, 2.05) is 64.9 Å². The molecule has 34 heavy (non-hydrogen) atoms. The summed E-state index contributed by atoms with van der Waals surface area (Å²) < 4.78 is 5.53. The van der Waals surface area contributed by atoms with Crippen LogP contribution in [0.5, 0.6) is 5.75 Å². The van der Waals surface area contributed by atoms with Crippen molar-refractivity contribution in [1.29, 1.82) is 0 Å². The number of fused-ring (bicyclic) bond motifs is 2. The largest absolute Gasteiger partial charge is 0.496 e. The molecule has 4 unspecified atom stereocenters. The summed E-state index contributed by atoms with van der Waals surface area (Å²) in [4.78, 5) is 41.5. The van der Waals surface area contributed by atoms with Gasteiger partial charge in [-0.15, -0.1) is 0 Å². The first-order valence-corrected chi connectivity index (χ1v) is 12.0. The highest BCUT2D eigenvalue weighted by Crippen LogP contribution is 2.23. The van der Waals surface area contributed by atoms with Gasteiger partial charge in [0.05, 0.1) is 13.2 Å². The minimum Gasteiger partial charge on any atom is -0.496 e. The van der Waals surface area contributed by atoms with E-state index in [0.29, 0.717) is 25.0 Å². The maximum atomic E-state index is 13.4. The lowest BCUT2D eigenvalue weighted by atomic mass is 9.95. The van der Waals surface area contributed by atoms with Crippen molar-refractivity contribution in [2.24, 2.45) is 11.8 Å². The molecule has 0 radical (unpaired) electrons. The van der Waals surface area contributed by atoms with Crippen molar-refractivity contribution in [2.45, 2.75) is 65.1 Å². The minimum atomic E-state index is -0.753. The molecule has 0 aliphatic carbocycles. The third kappa shape index (κ3) is 7.32. The average Bonchev–Trinajstić information content (AvgIpc) is 2.78. The highest BCUT2D eigenvalue weighted by molar-refractivity contribution is 5.93. The molecule has 8 heteroatoms. The highest BCUT2D eigenvalue weighted by Gasteiger charge is 2.33. The zero-order chi connectivity index (χ0) is 25.4. The Labute approximate surface area is 203 Å². The van der Waals surface area contributed by atoms with Crippen LogP contribution in [-0.2, 0) is 20.8 Å². The summed E-state index contributed by atoms with van der Waals surface area (Å²) in [5.41, 5.74) is 1.73. The van der Waals surface area contributed by atoms with E-state index in [2.05, 4.69) is 16.0 Å². The van der Waals surface area contributed by atoms with E-state index >= 15 is 0 Å². The normalized spacial score (nSPS) is 23.9. The van der Waals surface area contributed by atoms with Gasteiger partial charge in [-0.3, -0.25) is 19.3 Å². The predicted octanol–water partition coefficient (Wildman–Crippen LogP) is 2.33. The molecule has 1 heterocycles. The number of benzene rings is 1. The van der Waals surface area contributed by atoms with Crippen LogP contribution in [0.25, 0.3) is 6.08 Å². The molecule has 1 aromatic carbocycles. The van der Waals surface area contributed by atoms with Crippen molar-refractivity contribution in [3.8, 4) is 5.75 Å². The second-order valence-corrected chi connectivity index (χ2v) is 9.66. The smallest absolute Gasteiger partial charge is 0.246 e. The van der Waals surface area contributed by atoms with E-state index < -0.39 is 18.1 Å². The van der Waals surface area contributed by atoms with Crippen LogP contribution in [0.2, 0.25) is 0 Å². The summed E-state index contributed by atoms with van der Waals surface area (Å²) in [6, 6.07) is 3.72. The zero-order valence-corrected chi connectivity index (χ0v) is 21.5. The number of ether oxygens (including phenoxy) is 1. The molecular formula is C26H40N4O4. The van der Waals surface area contributed by atoms with E-state index in [1.165, 1.54) is 0 Å². The molecule has 0 fully saturated rings. The Balaban J connectivity index is 2.54. The summed E-state index contributed by atoms with van der Waals surface area (Å²) in [6.07, 6.45) is 4.97. The van der Waals surface area contributed by atoms with Crippen LogP contribution in [0, 0.1) is 11.8 Å². The van der Waals surface area contributed by atoms with Crippen LogP contribution in [0.15, 0.2) is 24.4 Å². The van der Waals surface area contributed by atoms with Crippen LogP contribution < -0.4 is 20.7 Å². The molecule has 3 amide bonds. The standard InChI is InChI=1S/C26H40N4O4/c1-8-17(4)23-26(33)28-20(13-16(2)3)24(31)27-12-11-18-9-10-22(34-7)19(14-18)15-21(30(5)6)25(32)29-23/h9-12,14,16-17,20-21,23H,8,13,15H2,1-7H3,(H,27,31)(H,28,33)(H,29,32)/b12-11-. The number of carbonyl (C=O) groups is 3. The molecule has 1 aliphatic rings. The Kier molecular flexibility index (Phi) is 10.1. The fourth-order valence-corrected chi connectivity index (χ4v) is 4.02. The van der Waals surface area contributed by atoms with Crippen LogP contribution in [0.4, 0.5) is 0 Å². The molecular weight excluding hydrogens is 432 g/mol. The van der Waals surface area contributed by atoms with Crippen molar-refractivity contribution in [3.05, 3.63) is 35.5 Å². The summed E-state index contributed by atoms with van der Waals surface area (Å²) in [5.74, 6) is -0.115. The Hall–Kier alpha value is -2.87. The van der Waals surface area contributed by atoms with Crippen LogP contribution in [0.3, 0.4) is 0 Å². The van der Waals surface area contributed by atoms with Crippen molar-refractivity contribution in [2.75, 3.05) is 21.2 Å². The summed E-state index contributed by atoms with van der Waals surface area (Å²) in [7, 11) is 5.28. The first-order valence-electron chi connectivity index (χ1n) is 12.0. The summed E-state index contributed by atoms with van der Waals surface area (Å²) in [6.45, 7) is 7.90. The second-order valence-electron chi connectivity index (χ2n) is 9.66. The Morgan fingerprint density at radius 3 is 2.35 bits per heavy atom. The van der Waals surface area contributed by atoms with Gasteiger partial charge >= 0.3 is 0 Å². The molecule has 0 saturated heterocycles. The fraction of sp³-hybridized carbons (Fsp3) is 0.577. The van der Waals surface area contributed by atoms with Crippen molar-refractivity contribution in [3.63, 3.8) is 0 Å². The quantitative estimate of drug-likeness (QED) is 0.590. The number of methoxy groups -OCH3 is 1. The van der Waals surface area contributed by atoms with Crippen molar-refractivity contribution in [1.82, 2.24) is 20.9 Å². The SMILES string of the molecule is CCC(C)C1NC(=O)C(N(C)C)Cc2cc(ccc2OC)/C=C\NC(=O)C(CC(C)C)NC1=O. The molecule has 0 aromatic heterocycles. The minimum absolute atomic E-state index is 0.108. The molecule has 8 nitrogen and oxygen atoms in total. The predicted molar refractivity (Wildman–Crippen MR) is 134 cm³/mol. The van der Waals surface area contributed by atoms with Gasteiger partial charge in [0, 0.05) is 12.6 Å². The number of hydrogen-bond donors (Lipinski definition) is 3. The molecule has 4 atom stereocenters. The van der Waals surface area contributed by atoms with Gasteiger partial charge in [-0.2, -0.15) is 0 Å². The number of nitrogens with one attached hydrogen (secondary N) is 3. The van der Waals surface area contributed by atoms with Gasteiger partial charge in [-0.25, -0.2) is 0 Å². The zero-order valence-electron chi connectivity index (χ0n) is 21.5. The highest BCUT2D eigenvalue weighted by atomic mass is 16.5. The molecule has 188 valence electrons. The van der Waals surface area contributed by atoms with E-state index in [0.717, 1.165) is 11.1 Å². The van der Waals surface area contributed by atoms with E-state index in [9.17, 15) is 14.4 Å². The van der Waals surface area contributed by atoms with Gasteiger partial charge in [0.2, 0.25) is 17.7 Å². The summed E-state index contributed by atoms with van der Waals surface area (Å²) in [5, 5.41) is 8.66. The number of hydrogen-bond acceptors (Lipinski definition) is 5. The van der Waals surface area contributed by atoms with Gasteiger partial charge in [0.15, 0.2) is 0 Å². The molecule has 2 bridgehead atoms. The van der Waals surface area contributed by atoms with Crippen molar-refractivity contribution >= 4 is 23.8 Å². The first-order chi connectivity index (χ1) is 16.1. The van der Waals surface area contributed by atoms with E-state index in [-0.39, 0.29) is 29.6 Å². The van der Waals surface area contributed by atoms with Gasteiger partial charge in [0.25, 0.3) is 0 Å². The molecule has 1 aromatic rings. The van der Waals surface area contributed by atoms with Crippen LogP contribution in [-0.4, -0.2) is 62.0 Å². The van der Waals surface area contributed by atoms with Gasteiger partial charge in [-0.05, 0) is 61.7 Å². The number of amides is 3. The monoisotopic (exact) mass is 472 g/mol. The Morgan fingerprint density at radius 2 is 1.76 bits per heavy atom. The topological polar surface area (TPSA) is 99.8 Å². The molecule has 0 spiro atoms. The van der Waals surface area contributed by atoms with Crippen molar-refractivity contribution < 1.29 is 19.1 Å². The second kappa shape index (κ2) is 12.6. The molecule has 3 N–H and O–H groups in total. The lowest BCUT2D eigenvalue weighted by Crippen LogP contribution is -2.58.